The molecule has 28 heavy (non-hydrogen) atoms. The highest BCUT2D eigenvalue weighted by Gasteiger charge is 2.09. The summed E-state index contributed by atoms with van der Waals surface area (Å²) in [5.74, 6) is 0.491. The average Bonchev–Trinajstić information content (AvgIpc) is 2.73. The first-order valence-electron chi connectivity index (χ1n) is 9.06. The third kappa shape index (κ3) is 5.76. The van der Waals surface area contributed by atoms with E-state index < -0.39 is 0 Å². The summed E-state index contributed by atoms with van der Waals surface area (Å²) in [7, 11) is 1.95. The predicted molar refractivity (Wildman–Crippen MR) is 111 cm³/mol. The van der Waals surface area contributed by atoms with Gasteiger partial charge in [-0.15, -0.1) is 0 Å². The quantitative estimate of drug-likeness (QED) is 0.634. The molecule has 2 heterocycles. The second-order valence-corrected chi connectivity index (χ2v) is 6.86. The molecule has 0 fully saturated rings. The topological polar surface area (TPSA) is 71.0 Å². The van der Waals surface area contributed by atoms with Crippen LogP contribution in [0.4, 0.5) is 5.82 Å². The van der Waals surface area contributed by atoms with E-state index in [1.54, 1.807) is 18.6 Å². The summed E-state index contributed by atoms with van der Waals surface area (Å²) in [6.45, 7) is 1.30. The lowest BCUT2D eigenvalue weighted by molar-refractivity contribution is 0.0949. The van der Waals surface area contributed by atoms with Crippen LogP contribution < -0.4 is 10.2 Å². The molecule has 0 unspecified atom stereocenters. The van der Waals surface area contributed by atoms with Crippen LogP contribution in [-0.4, -0.2) is 41.0 Å². The Hall–Kier alpha value is -2.99. The molecule has 3 aromatic rings. The van der Waals surface area contributed by atoms with E-state index >= 15 is 0 Å². The SMILES string of the molecule is CN(CCc1ccncc1)c1cnc(C(=O)NCCc2cccc(Cl)c2)cn1. The Morgan fingerprint density at radius 1 is 1.07 bits per heavy atom. The first-order valence-corrected chi connectivity index (χ1v) is 9.44. The number of carbonyl (C=O) groups is 1. The van der Waals surface area contributed by atoms with E-state index in [4.69, 9.17) is 11.6 Å². The van der Waals surface area contributed by atoms with Crippen molar-refractivity contribution in [2.75, 3.05) is 25.0 Å². The van der Waals surface area contributed by atoms with E-state index in [2.05, 4.69) is 20.3 Å². The molecule has 0 atom stereocenters. The van der Waals surface area contributed by atoms with Crippen molar-refractivity contribution in [1.82, 2.24) is 20.3 Å². The molecule has 0 aliphatic heterocycles. The summed E-state index contributed by atoms with van der Waals surface area (Å²) in [4.78, 5) is 26.9. The smallest absolute Gasteiger partial charge is 0.271 e. The summed E-state index contributed by atoms with van der Waals surface area (Å²) < 4.78 is 0. The second kappa shape index (κ2) is 9.80. The number of hydrogen-bond donors (Lipinski definition) is 1. The van der Waals surface area contributed by atoms with Crippen LogP contribution in [0.25, 0.3) is 0 Å². The molecule has 0 aliphatic rings. The van der Waals surface area contributed by atoms with Crippen molar-refractivity contribution >= 4 is 23.3 Å². The first kappa shape index (κ1) is 19.8. The van der Waals surface area contributed by atoms with Gasteiger partial charge in [-0.05, 0) is 48.2 Å². The molecule has 1 amide bonds. The summed E-state index contributed by atoms with van der Waals surface area (Å²) in [5.41, 5.74) is 2.59. The normalized spacial score (nSPS) is 10.5. The van der Waals surface area contributed by atoms with Gasteiger partial charge in [-0.2, -0.15) is 0 Å². The molecule has 0 aliphatic carbocycles. The minimum atomic E-state index is -0.236. The highest BCUT2D eigenvalue weighted by Crippen LogP contribution is 2.11. The number of nitrogens with zero attached hydrogens (tertiary/aromatic N) is 4. The van der Waals surface area contributed by atoms with E-state index in [9.17, 15) is 4.79 Å². The van der Waals surface area contributed by atoms with Crippen LogP contribution in [0.2, 0.25) is 5.02 Å². The van der Waals surface area contributed by atoms with Crippen molar-refractivity contribution in [3.05, 3.63) is 83.0 Å². The molecular weight excluding hydrogens is 374 g/mol. The number of pyridine rings is 1. The average molecular weight is 396 g/mol. The van der Waals surface area contributed by atoms with Gasteiger partial charge in [-0.25, -0.2) is 9.97 Å². The maximum absolute atomic E-state index is 12.2. The zero-order valence-electron chi connectivity index (χ0n) is 15.7. The van der Waals surface area contributed by atoms with Gasteiger partial charge in [-0.1, -0.05) is 23.7 Å². The Morgan fingerprint density at radius 3 is 2.61 bits per heavy atom. The van der Waals surface area contributed by atoms with Crippen molar-refractivity contribution in [2.45, 2.75) is 12.8 Å². The van der Waals surface area contributed by atoms with Crippen molar-refractivity contribution in [1.29, 1.82) is 0 Å². The molecule has 0 saturated heterocycles. The van der Waals surface area contributed by atoms with Gasteiger partial charge in [0.15, 0.2) is 0 Å². The highest BCUT2D eigenvalue weighted by molar-refractivity contribution is 6.30. The summed E-state index contributed by atoms with van der Waals surface area (Å²) in [6.07, 6.45) is 8.29. The van der Waals surface area contributed by atoms with Crippen molar-refractivity contribution in [3.8, 4) is 0 Å². The second-order valence-electron chi connectivity index (χ2n) is 6.42. The Balaban J connectivity index is 1.48. The number of hydrogen-bond acceptors (Lipinski definition) is 5. The molecule has 1 aromatic carbocycles. The van der Waals surface area contributed by atoms with Gasteiger partial charge in [0.05, 0.1) is 12.4 Å². The van der Waals surface area contributed by atoms with Crippen LogP contribution in [-0.2, 0) is 12.8 Å². The van der Waals surface area contributed by atoms with Crippen LogP contribution in [0, 0.1) is 0 Å². The fourth-order valence-corrected chi connectivity index (χ4v) is 2.91. The summed E-state index contributed by atoms with van der Waals surface area (Å²) >= 11 is 5.97. The van der Waals surface area contributed by atoms with Crippen LogP contribution in [0.5, 0.6) is 0 Å². The van der Waals surface area contributed by atoms with Crippen LogP contribution in [0.1, 0.15) is 21.6 Å². The molecule has 0 bridgehead atoms. The van der Waals surface area contributed by atoms with Crippen LogP contribution in [0.3, 0.4) is 0 Å². The maximum Gasteiger partial charge on any atom is 0.271 e. The van der Waals surface area contributed by atoms with E-state index in [1.807, 2.05) is 48.3 Å². The Bertz CT molecular complexity index is 902. The maximum atomic E-state index is 12.2. The molecule has 0 spiro atoms. The molecular formula is C21H22ClN5O. The number of carbonyl (C=O) groups excluding carboxylic acids is 1. The highest BCUT2D eigenvalue weighted by atomic mass is 35.5. The standard InChI is InChI=1S/C21H22ClN5O/c1-27(12-8-16-5-9-23-10-6-16)20-15-25-19(14-26-20)21(28)24-11-7-17-3-2-4-18(22)13-17/h2-6,9-10,13-15H,7-8,11-12H2,1H3,(H,24,28). The molecule has 7 heteroatoms. The van der Waals surface area contributed by atoms with Gasteiger partial charge in [0.1, 0.15) is 11.5 Å². The van der Waals surface area contributed by atoms with Crippen LogP contribution in [0.15, 0.2) is 61.2 Å². The number of anilines is 1. The molecule has 3 rings (SSSR count). The third-order valence-corrected chi connectivity index (χ3v) is 4.57. The van der Waals surface area contributed by atoms with E-state index in [0.717, 1.165) is 24.3 Å². The van der Waals surface area contributed by atoms with E-state index in [1.165, 1.54) is 11.8 Å². The van der Waals surface area contributed by atoms with Gasteiger partial charge in [0.2, 0.25) is 0 Å². The molecule has 0 radical (unpaired) electrons. The van der Waals surface area contributed by atoms with Gasteiger partial charge in [0, 0.05) is 37.6 Å². The molecule has 6 nitrogen and oxygen atoms in total. The van der Waals surface area contributed by atoms with Crippen molar-refractivity contribution in [3.63, 3.8) is 0 Å². The van der Waals surface area contributed by atoms with Gasteiger partial charge >= 0.3 is 0 Å². The number of benzene rings is 1. The van der Waals surface area contributed by atoms with Gasteiger partial charge in [-0.3, -0.25) is 9.78 Å². The lowest BCUT2D eigenvalue weighted by Crippen LogP contribution is -2.27. The molecule has 2 aromatic heterocycles. The predicted octanol–water partition coefficient (Wildman–Crippen LogP) is 3.18. The Kier molecular flexibility index (Phi) is 6.92. The lowest BCUT2D eigenvalue weighted by atomic mass is 10.1. The monoisotopic (exact) mass is 395 g/mol. The van der Waals surface area contributed by atoms with Gasteiger partial charge < -0.3 is 10.2 Å². The Labute approximate surface area is 169 Å². The number of rotatable bonds is 8. The van der Waals surface area contributed by atoms with Gasteiger partial charge in [0.25, 0.3) is 5.91 Å². The Morgan fingerprint density at radius 2 is 1.89 bits per heavy atom. The molecule has 144 valence electrons. The lowest BCUT2D eigenvalue weighted by Gasteiger charge is -2.17. The largest absolute Gasteiger partial charge is 0.358 e. The summed E-state index contributed by atoms with van der Waals surface area (Å²) in [6, 6.07) is 11.6. The number of aromatic nitrogens is 3. The number of halogens is 1. The fraction of sp³-hybridized carbons (Fsp3) is 0.238. The minimum absolute atomic E-state index is 0.236. The third-order valence-electron chi connectivity index (χ3n) is 4.34. The zero-order chi connectivity index (χ0) is 19.8. The number of nitrogens with one attached hydrogen (secondary N) is 1. The van der Waals surface area contributed by atoms with E-state index in [-0.39, 0.29) is 5.91 Å². The summed E-state index contributed by atoms with van der Waals surface area (Å²) in [5, 5.41) is 3.55. The van der Waals surface area contributed by atoms with Crippen molar-refractivity contribution < 1.29 is 4.79 Å². The fourth-order valence-electron chi connectivity index (χ4n) is 2.70. The molecule has 1 N–H and O–H groups in total. The zero-order valence-corrected chi connectivity index (χ0v) is 16.4. The van der Waals surface area contributed by atoms with Crippen molar-refractivity contribution in [2.24, 2.45) is 0 Å². The number of amides is 1. The minimum Gasteiger partial charge on any atom is -0.358 e. The number of likely N-dealkylation sites (N-methyl/N-ethyl adjacent to an activating group) is 1. The van der Waals surface area contributed by atoms with E-state index in [0.29, 0.717) is 23.7 Å². The first-order chi connectivity index (χ1) is 13.6. The molecule has 0 saturated carbocycles. The van der Waals surface area contributed by atoms with Crippen LogP contribution >= 0.6 is 11.6 Å².